The van der Waals surface area contributed by atoms with Crippen LogP contribution in [0.25, 0.3) is 0 Å². The molecule has 0 spiro atoms. The average molecular weight is 630 g/mol. The Morgan fingerprint density at radius 2 is 0.684 bits per heavy atom. The first-order valence-electron chi connectivity index (χ1n) is 8.10. The topological polar surface area (TPSA) is 40.5 Å². The van der Waals surface area contributed by atoms with E-state index in [1.54, 1.807) is 0 Å². The lowest BCUT2D eigenvalue weighted by Gasteiger charge is -2.44. The van der Waals surface area contributed by atoms with Crippen LogP contribution in [-0.2, 0) is 0 Å². The van der Waals surface area contributed by atoms with Gasteiger partial charge in [-0.2, -0.15) is 92.2 Å². The lowest BCUT2D eigenvalue weighted by Crippen LogP contribution is -2.76. The van der Waals surface area contributed by atoms with Gasteiger partial charge in [0.25, 0.3) is 5.67 Å². The van der Waals surface area contributed by atoms with Crippen LogP contribution in [-0.4, -0.2) is 88.3 Å². The van der Waals surface area contributed by atoms with Crippen LogP contribution < -0.4 is 0 Å². The maximum atomic E-state index is 13.5. The molecule has 0 aromatic rings. The molecule has 0 fully saturated rings. The normalized spacial score (nSPS) is 18.9. The van der Waals surface area contributed by atoms with Crippen molar-refractivity contribution >= 4 is 0 Å². The van der Waals surface area contributed by atoms with E-state index >= 15 is 0 Å². The third-order valence-corrected chi connectivity index (χ3v) is 4.61. The summed E-state index contributed by atoms with van der Waals surface area (Å²) in [6.07, 6.45) is -22.2. The highest BCUT2D eigenvalue weighted by Gasteiger charge is 2.96. The van der Waals surface area contributed by atoms with Gasteiger partial charge in [0.1, 0.15) is 0 Å². The SMILES string of the molecule is OCC(F)(C(O)(F)F)C(F)(F)C(F)C(F)(F)C(F)(F)C(F)(F)C(F)(F)C(F)(F)C(F)(F)C(F)(F)C(F)(F)F. The zero-order valence-corrected chi connectivity index (χ0v) is 16.4. The quantitative estimate of drug-likeness (QED) is 0.265. The van der Waals surface area contributed by atoms with Gasteiger partial charge in [-0.05, 0) is 0 Å². The number of hydrogen-bond acceptors (Lipinski definition) is 2. The van der Waals surface area contributed by atoms with Gasteiger partial charge in [-0.3, -0.25) is 0 Å². The van der Waals surface area contributed by atoms with E-state index in [1.165, 1.54) is 0 Å². The van der Waals surface area contributed by atoms with Crippen LogP contribution in [0.15, 0.2) is 0 Å². The van der Waals surface area contributed by atoms with E-state index in [1.807, 2.05) is 0 Å². The summed E-state index contributed by atoms with van der Waals surface area (Å²) in [6, 6.07) is 0. The summed E-state index contributed by atoms with van der Waals surface area (Å²) in [5, 5.41) is 15.9. The van der Waals surface area contributed by atoms with E-state index < -0.39 is 78.1 Å². The van der Waals surface area contributed by atoms with E-state index in [0.29, 0.717) is 0 Å². The Balaban J connectivity index is 7.14. The fraction of sp³-hybridized carbons (Fsp3) is 1.00. The van der Waals surface area contributed by atoms with Crippen LogP contribution in [0.3, 0.4) is 0 Å². The van der Waals surface area contributed by atoms with Crippen molar-refractivity contribution in [3.05, 3.63) is 0 Å². The second kappa shape index (κ2) is 8.91. The van der Waals surface area contributed by atoms with E-state index in [-0.39, 0.29) is 0 Å². The minimum Gasteiger partial charge on any atom is -0.392 e. The summed E-state index contributed by atoms with van der Waals surface area (Å²) in [5.74, 6) is -70.9. The zero-order valence-electron chi connectivity index (χ0n) is 16.4. The minimum absolute atomic E-state index is 3.78. The number of alkyl halides is 23. The van der Waals surface area contributed by atoms with Gasteiger partial charge >= 0.3 is 59.7 Å². The highest BCUT2D eigenvalue weighted by Crippen LogP contribution is 2.65. The minimum atomic E-state index is -9.31. The number of hydrogen-bond donors (Lipinski definition) is 2. The zero-order chi connectivity index (χ0) is 31.8. The van der Waals surface area contributed by atoms with Gasteiger partial charge in [-0.1, -0.05) is 0 Å². The molecule has 0 aliphatic carbocycles. The largest absolute Gasteiger partial charge is 0.460 e. The first kappa shape index (κ1) is 36.3. The molecule has 2 unspecified atom stereocenters. The maximum Gasteiger partial charge on any atom is 0.460 e. The molecule has 0 heterocycles. The molecular formula is C13H5F23O2. The fourth-order valence-electron chi connectivity index (χ4n) is 2.16. The van der Waals surface area contributed by atoms with E-state index in [0.717, 1.165) is 0 Å². The fourth-order valence-corrected chi connectivity index (χ4v) is 2.16. The molecule has 0 aromatic carbocycles. The predicted molar refractivity (Wildman–Crippen MR) is 68.6 cm³/mol. The number of rotatable bonds is 11. The highest BCUT2D eigenvalue weighted by molar-refractivity contribution is 5.18. The van der Waals surface area contributed by atoms with E-state index in [4.69, 9.17) is 10.2 Å². The van der Waals surface area contributed by atoms with Crippen LogP contribution in [0, 0.1) is 0 Å². The molecule has 38 heavy (non-hydrogen) atoms. The highest BCUT2D eigenvalue weighted by atomic mass is 19.4. The molecule has 2 N–H and O–H groups in total. The molecule has 2 nitrogen and oxygen atoms in total. The first-order chi connectivity index (χ1) is 16.0. The van der Waals surface area contributed by atoms with Gasteiger partial charge in [-0.15, -0.1) is 0 Å². The molecule has 0 aliphatic rings. The average Bonchev–Trinajstić information content (AvgIpc) is 2.69. The van der Waals surface area contributed by atoms with Crippen molar-refractivity contribution in [2.24, 2.45) is 0 Å². The molecule has 0 rings (SSSR count). The van der Waals surface area contributed by atoms with Crippen molar-refractivity contribution in [2.75, 3.05) is 6.61 Å². The van der Waals surface area contributed by atoms with E-state index in [2.05, 4.69) is 0 Å². The van der Waals surface area contributed by atoms with Gasteiger partial charge in [0, 0.05) is 0 Å². The van der Waals surface area contributed by atoms with Crippen LogP contribution in [0.4, 0.5) is 101 Å². The number of aliphatic hydroxyl groups is 2. The van der Waals surface area contributed by atoms with Gasteiger partial charge < -0.3 is 10.2 Å². The van der Waals surface area contributed by atoms with Gasteiger partial charge in [0.2, 0.25) is 6.17 Å². The molecular weight excluding hydrogens is 625 g/mol. The molecule has 230 valence electrons. The van der Waals surface area contributed by atoms with Crippen molar-refractivity contribution in [2.45, 2.75) is 71.5 Å². The van der Waals surface area contributed by atoms with Crippen LogP contribution >= 0.6 is 0 Å². The lowest BCUT2D eigenvalue weighted by atomic mass is 9.84. The Morgan fingerprint density at radius 1 is 0.421 bits per heavy atom. The monoisotopic (exact) mass is 630 g/mol. The second-order valence-electron chi connectivity index (χ2n) is 7.05. The summed E-state index contributed by atoms with van der Waals surface area (Å²) in [5.41, 5.74) is -6.94. The van der Waals surface area contributed by atoms with Gasteiger partial charge in [-0.25, -0.2) is 8.78 Å². The molecule has 0 aliphatic heterocycles. The number of halogens is 23. The maximum absolute atomic E-state index is 13.5. The molecule has 25 heteroatoms. The van der Waals surface area contributed by atoms with Crippen LogP contribution in [0.5, 0.6) is 0 Å². The standard InChI is InChI=1S/C13H5F23O2/c14-2(4(16,17)3(15,1-37)13(35,36)38)5(18,19)6(20,21)7(22,23)8(24,25)9(26,27)10(28,29)11(30,31)12(32,33)34/h2,37-38H,1H2. The third-order valence-electron chi connectivity index (χ3n) is 4.61. The number of aliphatic hydroxyl groups excluding tert-OH is 1. The molecule has 0 saturated carbocycles. The molecule has 0 bridgehead atoms. The Bertz CT molecular complexity index is 852. The summed E-state index contributed by atoms with van der Waals surface area (Å²) >= 11 is 0. The van der Waals surface area contributed by atoms with Crippen molar-refractivity contribution in [1.82, 2.24) is 0 Å². The predicted octanol–water partition coefficient (Wildman–Crippen LogP) is 6.25. The molecule has 0 amide bonds. The second-order valence-corrected chi connectivity index (χ2v) is 7.05. The van der Waals surface area contributed by atoms with Crippen molar-refractivity contribution in [1.29, 1.82) is 0 Å². The molecule has 0 saturated heterocycles. The van der Waals surface area contributed by atoms with Crippen molar-refractivity contribution in [3.8, 4) is 0 Å². The summed E-state index contributed by atoms with van der Waals surface area (Å²) < 4.78 is 300. The summed E-state index contributed by atoms with van der Waals surface area (Å²) in [7, 11) is 0. The molecule has 0 aromatic heterocycles. The molecule has 2 atom stereocenters. The Hall–Kier alpha value is -1.69. The van der Waals surface area contributed by atoms with Crippen molar-refractivity contribution in [3.63, 3.8) is 0 Å². The Morgan fingerprint density at radius 3 is 0.921 bits per heavy atom. The first-order valence-corrected chi connectivity index (χ1v) is 8.10. The van der Waals surface area contributed by atoms with Gasteiger partial charge in [0.05, 0.1) is 6.61 Å². The van der Waals surface area contributed by atoms with Crippen molar-refractivity contribution < 1.29 is 111 Å². The summed E-state index contributed by atoms with van der Waals surface area (Å²) in [4.78, 5) is 0. The summed E-state index contributed by atoms with van der Waals surface area (Å²) in [6.45, 7) is -3.78. The smallest absolute Gasteiger partial charge is 0.392 e. The van der Waals surface area contributed by atoms with Crippen LogP contribution in [0.1, 0.15) is 0 Å². The molecule has 0 radical (unpaired) electrons. The van der Waals surface area contributed by atoms with E-state index in [9.17, 15) is 101 Å². The van der Waals surface area contributed by atoms with Crippen LogP contribution in [0.2, 0.25) is 0 Å². The lowest BCUT2D eigenvalue weighted by molar-refractivity contribution is -0.466. The van der Waals surface area contributed by atoms with Gasteiger partial charge in [0.15, 0.2) is 0 Å². The Labute approximate surface area is 191 Å². The Kier molecular flexibility index (Phi) is 8.51. The third kappa shape index (κ3) is 4.28.